The lowest BCUT2D eigenvalue weighted by Crippen LogP contribution is -2.34. The number of rotatable bonds is 2. The minimum Gasteiger partial charge on any atom is -0.486 e. The van der Waals surface area contributed by atoms with Gasteiger partial charge in [0, 0.05) is 17.5 Å². The SMILES string of the molecule is Fc1ccccc1[C@H]1Oc2ccccc2[C@H]2CC(c3ccc4c(c3)OCCO4)=NN21. The van der Waals surface area contributed by atoms with E-state index < -0.39 is 6.23 Å². The molecule has 30 heavy (non-hydrogen) atoms. The normalized spacial score (nSPS) is 21.4. The molecule has 0 bridgehead atoms. The summed E-state index contributed by atoms with van der Waals surface area (Å²) < 4.78 is 32.2. The van der Waals surface area contributed by atoms with E-state index in [2.05, 4.69) is 0 Å². The topological polar surface area (TPSA) is 43.3 Å². The maximum absolute atomic E-state index is 14.6. The molecule has 150 valence electrons. The van der Waals surface area contributed by atoms with E-state index in [9.17, 15) is 4.39 Å². The van der Waals surface area contributed by atoms with Crippen LogP contribution in [0.15, 0.2) is 71.8 Å². The van der Waals surface area contributed by atoms with Crippen molar-refractivity contribution in [2.75, 3.05) is 13.2 Å². The molecule has 0 aromatic heterocycles. The molecule has 3 aromatic carbocycles. The van der Waals surface area contributed by atoms with Gasteiger partial charge in [0.05, 0.1) is 17.3 Å². The van der Waals surface area contributed by atoms with E-state index in [4.69, 9.17) is 19.3 Å². The fourth-order valence-electron chi connectivity index (χ4n) is 4.31. The quantitative estimate of drug-likeness (QED) is 0.615. The van der Waals surface area contributed by atoms with Gasteiger partial charge in [-0.25, -0.2) is 9.40 Å². The fraction of sp³-hybridized carbons (Fsp3) is 0.208. The first-order chi connectivity index (χ1) is 14.8. The zero-order valence-electron chi connectivity index (χ0n) is 16.1. The van der Waals surface area contributed by atoms with Crippen molar-refractivity contribution in [1.29, 1.82) is 0 Å². The Kier molecular flexibility index (Phi) is 3.91. The third-order valence-electron chi connectivity index (χ3n) is 5.75. The van der Waals surface area contributed by atoms with Crippen LogP contribution in [0.3, 0.4) is 0 Å². The molecule has 3 aromatic rings. The van der Waals surface area contributed by atoms with Crippen molar-refractivity contribution < 1.29 is 18.6 Å². The highest BCUT2D eigenvalue weighted by atomic mass is 19.1. The molecule has 2 atom stereocenters. The van der Waals surface area contributed by atoms with Crippen molar-refractivity contribution in [1.82, 2.24) is 5.01 Å². The largest absolute Gasteiger partial charge is 0.486 e. The van der Waals surface area contributed by atoms with Gasteiger partial charge in [-0.05, 0) is 30.3 Å². The minimum atomic E-state index is -0.624. The Balaban J connectivity index is 1.43. The van der Waals surface area contributed by atoms with E-state index in [0.29, 0.717) is 25.2 Å². The highest BCUT2D eigenvalue weighted by Gasteiger charge is 2.41. The van der Waals surface area contributed by atoms with Gasteiger partial charge in [-0.1, -0.05) is 36.4 Å². The van der Waals surface area contributed by atoms with Crippen LogP contribution in [0.4, 0.5) is 4.39 Å². The molecule has 0 aliphatic carbocycles. The summed E-state index contributed by atoms with van der Waals surface area (Å²) in [4.78, 5) is 0. The number of para-hydroxylation sites is 1. The molecule has 0 N–H and O–H groups in total. The van der Waals surface area contributed by atoms with Crippen LogP contribution in [0.1, 0.15) is 35.4 Å². The predicted molar refractivity (Wildman–Crippen MR) is 109 cm³/mol. The first kappa shape index (κ1) is 17.3. The van der Waals surface area contributed by atoms with Crippen molar-refractivity contribution in [3.63, 3.8) is 0 Å². The first-order valence-electron chi connectivity index (χ1n) is 10.0. The molecular formula is C24H19FN2O3. The number of halogens is 1. The van der Waals surface area contributed by atoms with Gasteiger partial charge in [-0.2, -0.15) is 5.10 Å². The summed E-state index contributed by atoms with van der Waals surface area (Å²) in [7, 11) is 0. The van der Waals surface area contributed by atoms with Gasteiger partial charge in [0.15, 0.2) is 11.5 Å². The van der Waals surface area contributed by atoms with Gasteiger partial charge in [0.1, 0.15) is 24.8 Å². The number of fused-ring (bicyclic) bond motifs is 4. The number of hydrazone groups is 1. The maximum atomic E-state index is 14.6. The summed E-state index contributed by atoms with van der Waals surface area (Å²) in [6.45, 7) is 1.09. The van der Waals surface area contributed by atoms with E-state index >= 15 is 0 Å². The molecule has 5 nitrogen and oxygen atoms in total. The van der Waals surface area contributed by atoms with Crippen LogP contribution in [-0.2, 0) is 0 Å². The molecule has 3 aliphatic heterocycles. The zero-order valence-corrected chi connectivity index (χ0v) is 16.1. The van der Waals surface area contributed by atoms with E-state index in [1.165, 1.54) is 6.07 Å². The van der Waals surface area contributed by atoms with Crippen molar-refractivity contribution in [3.8, 4) is 17.2 Å². The molecule has 0 unspecified atom stereocenters. The Morgan fingerprint density at radius 1 is 0.833 bits per heavy atom. The Labute approximate surface area is 173 Å². The zero-order chi connectivity index (χ0) is 20.1. The van der Waals surface area contributed by atoms with Gasteiger partial charge in [0.2, 0.25) is 6.23 Å². The Morgan fingerprint density at radius 3 is 2.47 bits per heavy atom. The standard InChI is InChI=1S/C24H19FN2O3/c25-18-7-3-1-5-16(18)24-27-20(17-6-2-4-8-21(17)30-24)14-19(26-27)15-9-10-22-23(13-15)29-12-11-28-22/h1-10,13,20,24H,11-12,14H2/t20-,24-/m1/s1. The predicted octanol–water partition coefficient (Wildman–Crippen LogP) is 4.84. The Morgan fingerprint density at radius 2 is 1.60 bits per heavy atom. The van der Waals surface area contributed by atoms with Crippen LogP contribution in [-0.4, -0.2) is 23.9 Å². The molecule has 0 radical (unpaired) electrons. The van der Waals surface area contributed by atoms with Gasteiger partial charge in [-0.15, -0.1) is 0 Å². The van der Waals surface area contributed by atoms with Gasteiger partial charge < -0.3 is 14.2 Å². The van der Waals surface area contributed by atoms with E-state index in [1.807, 2.05) is 53.5 Å². The smallest absolute Gasteiger partial charge is 0.216 e. The van der Waals surface area contributed by atoms with Crippen molar-refractivity contribution in [2.45, 2.75) is 18.7 Å². The van der Waals surface area contributed by atoms with Crippen LogP contribution >= 0.6 is 0 Å². The lowest BCUT2D eigenvalue weighted by molar-refractivity contribution is -0.0212. The molecule has 0 spiro atoms. The Hall–Kier alpha value is -3.54. The van der Waals surface area contributed by atoms with Crippen LogP contribution in [0, 0.1) is 5.82 Å². The highest BCUT2D eigenvalue weighted by Crippen LogP contribution is 2.48. The number of hydrogen-bond acceptors (Lipinski definition) is 5. The summed E-state index contributed by atoms with van der Waals surface area (Å²) in [6.07, 6.45) is 0.0751. The van der Waals surface area contributed by atoms with Crippen molar-refractivity contribution in [3.05, 3.63) is 89.2 Å². The van der Waals surface area contributed by atoms with Gasteiger partial charge >= 0.3 is 0 Å². The summed E-state index contributed by atoms with van der Waals surface area (Å²) in [5.74, 6) is 1.95. The maximum Gasteiger partial charge on any atom is 0.216 e. The third-order valence-corrected chi connectivity index (χ3v) is 5.75. The molecule has 0 fully saturated rings. The summed E-state index contributed by atoms with van der Waals surface area (Å²) in [5, 5.41) is 6.77. The molecule has 0 amide bonds. The molecule has 6 heteroatoms. The minimum absolute atomic E-state index is 0.0252. The molecule has 0 saturated carbocycles. The van der Waals surface area contributed by atoms with Crippen molar-refractivity contribution in [2.24, 2.45) is 5.10 Å². The molecule has 6 rings (SSSR count). The second kappa shape index (κ2) is 6.76. The lowest BCUT2D eigenvalue weighted by Gasteiger charge is -2.38. The lowest BCUT2D eigenvalue weighted by atomic mass is 9.95. The molecule has 3 aliphatic rings. The van der Waals surface area contributed by atoms with Gasteiger partial charge in [-0.3, -0.25) is 0 Å². The van der Waals surface area contributed by atoms with E-state index in [1.54, 1.807) is 12.1 Å². The van der Waals surface area contributed by atoms with E-state index in [0.717, 1.165) is 34.1 Å². The van der Waals surface area contributed by atoms with Crippen LogP contribution < -0.4 is 14.2 Å². The highest BCUT2D eigenvalue weighted by molar-refractivity contribution is 6.02. The van der Waals surface area contributed by atoms with Crippen molar-refractivity contribution >= 4 is 5.71 Å². The molecule has 3 heterocycles. The number of nitrogens with zero attached hydrogens (tertiary/aromatic N) is 2. The average Bonchev–Trinajstić information content (AvgIpc) is 3.24. The van der Waals surface area contributed by atoms with E-state index in [-0.39, 0.29) is 11.9 Å². The van der Waals surface area contributed by atoms with Crippen LogP contribution in [0.5, 0.6) is 17.2 Å². The number of hydrogen-bond donors (Lipinski definition) is 0. The fourth-order valence-corrected chi connectivity index (χ4v) is 4.31. The third kappa shape index (κ3) is 2.71. The second-order valence-electron chi connectivity index (χ2n) is 7.53. The summed E-state index contributed by atoms with van der Waals surface area (Å²) >= 11 is 0. The summed E-state index contributed by atoms with van der Waals surface area (Å²) in [5.41, 5.74) is 3.42. The van der Waals surface area contributed by atoms with Crippen LogP contribution in [0.25, 0.3) is 0 Å². The first-order valence-corrected chi connectivity index (χ1v) is 10.0. The number of ether oxygens (including phenoxy) is 3. The van der Waals surface area contributed by atoms with Gasteiger partial charge in [0.25, 0.3) is 0 Å². The molecule has 0 saturated heterocycles. The number of benzene rings is 3. The summed E-state index contributed by atoms with van der Waals surface area (Å²) in [6, 6.07) is 20.5. The second-order valence-corrected chi connectivity index (χ2v) is 7.53. The molecular weight excluding hydrogens is 383 g/mol. The van der Waals surface area contributed by atoms with Crippen LogP contribution in [0.2, 0.25) is 0 Å². The monoisotopic (exact) mass is 402 g/mol. The average molecular weight is 402 g/mol. The Bertz CT molecular complexity index is 1160.